The van der Waals surface area contributed by atoms with Gasteiger partial charge in [-0.3, -0.25) is 0 Å². The number of halogens is 1. The van der Waals surface area contributed by atoms with E-state index < -0.39 is 0 Å². The van der Waals surface area contributed by atoms with Gasteiger partial charge in [0.05, 0.1) is 7.11 Å². The fourth-order valence-corrected chi connectivity index (χ4v) is 3.64. The molecule has 0 amide bonds. The summed E-state index contributed by atoms with van der Waals surface area (Å²) in [6.45, 7) is 0. The van der Waals surface area contributed by atoms with Gasteiger partial charge in [-0.05, 0) is 42.5 Å². The quantitative estimate of drug-likeness (QED) is 0.790. The van der Waals surface area contributed by atoms with Gasteiger partial charge in [0.2, 0.25) is 0 Å². The van der Waals surface area contributed by atoms with Crippen LogP contribution in [0.15, 0.2) is 22.7 Å². The lowest BCUT2D eigenvalue weighted by molar-refractivity contribution is 0.386. The van der Waals surface area contributed by atoms with Gasteiger partial charge in [-0.25, -0.2) is 0 Å². The van der Waals surface area contributed by atoms with Crippen LogP contribution < -0.4 is 10.5 Å². The van der Waals surface area contributed by atoms with Gasteiger partial charge in [-0.1, -0.05) is 54.5 Å². The number of nitrogens with two attached hydrogens (primary N) is 1. The highest BCUT2D eigenvalue weighted by Crippen LogP contribution is 2.28. The van der Waals surface area contributed by atoms with Crippen LogP contribution in [0.1, 0.15) is 50.5 Å². The van der Waals surface area contributed by atoms with E-state index in [4.69, 9.17) is 10.5 Å². The van der Waals surface area contributed by atoms with Gasteiger partial charge in [-0.2, -0.15) is 0 Å². The van der Waals surface area contributed by atoms with Crippen LogP contribution in [0.25, 0.3) is 0 Å². The molecule has 20 heavy (non-hydrogen) atoms. The van der Waals surface area contributed by atoms with Crippen molar-refractivity contribution in [3.63, 3.8) is 0 Å². The van der Waals surface area contributed by atoms with Crippen LogP contribution in [0.5, 0.6) is 5.75 Å². The van der Waals surface area contributed by atoms with Gasteiger partial charge < -0.3 is 10.5 Å². The van der Waals surface area contributed by atoms with Crippen LogP contribution in [0.2, 0.25) is 0 Å². The molecule has 1 aliphatic carbocycles. The van der Waals surface area contributed by atoms with E-state index in [9.17, 15) is 0 Å². The van der Waals surface area contributed by atoms with E-state index in [2.05, 4.69) is 22.0 Å². The Morgan fingerprint density at radius 3 is 2.60 bits per heavy atom. The first-order valence-electron chi connectivity index (χ1n) is 7.77. The van der Waals surface area contributed by atoms with E-state index in [1.807, 2.05) is 12.1 Å². The number of benzene rings is 1. The lowest BCUT2D eigenvalue weighted by Crippen LogP contribution is -2.26. The van der Waals surface area contributed by atoms with E-state index in [1.54, 1.807) is 7.11 Å². The second kappa shape index (κ2) is 8.04. The molecule has 1 saturated carbocycles. The minimum Gasteiger partial charge on any atom is -0.497 e. The van der Waals surface area contributed by atoms with Crippen LogP contribution in [0.3, 0.4) is 0 Å². The van der Waals surface area contributed by atoms with E-state index in [0.717, 1.165) is 29.0 Å². The van der Waals surface area contributed by atoms with Crippen molar-refractivity contribution < 1.29 is 4.74 Å². The van der Waals surface area contributed by atoms with Gasteiger partial charge in [0.1, 0.15) is 5.75 Å². The third-order valence-electron chi connectivity index (χ3n) is 4.35. The van der Waals surface area contributed by atoms with Crippen molar-refractivity contribution in [1.82, 2.24) is 0 Å². The SMILES string of the molecule is COc1ccc(Br)c(CC(N)CC2CCCCCC2)c1. The van der Waals surface area contributed by atoms with E-state index in [1.165, 1.54) is 44.1 Å². The molecule has 2 nitrogen and oxygen atoms in total. The third-order valence-corrected chi connectivity index (χ3v) is 5.12. The molecule has 0 spiro atoms. The minimum atomic E-state index is 0.251. The average Bonchev–Trinajstić information content (AvgIpc) is 2.70. The molecule has 2 rings (SSSR count). The molecule has 1 aromatic carbocycles. The Balaban J connectivity index is 1.91. The maximum atomic E-state index is 6.39. The van der Waals surface area contributed by atoms with Crippen LogP contribution in [0, 0.1) is 5.92 Å². The molecule has 1 aliphatic rings. The third kappa shape index (κ3) is 4.78. The second-order valence-corrected chi connectivity index (χ2v) is 6.87. The van der Waals surface area contributed by atoms with Gasteiger partial charge in [-0.15, -0.1) is 0 Å². The van der Waals surface area contributed by atoms with Gasteiger partial charge in [0.25, 0.3) is 0 Å². The number of hydrogen-bond donors (Lipinski definition) is 1. The number of methoxy groups -OCH3 is 1. The molecule has 1 unspecified atom stereocenters. The highest BCUT2D eigenvalue weighted by Gasteiger charge is 2.17. The van der Waals surface area contributed by atoms with Crippen LogP contribution in [0.4, 0.5) is 0 Å². The molecule has 0 radical (unpaired) electrons. The highest BCUT2D eigenvalue weighted by molar-refractivity contribution is 9.10. The van der Waals surface area contributed by atoms with Crippen molar-refractivity contribution >= 4 is 15.9 Å². The van der Waals surface area contributed by atoms with Gasteiger partial charge >= 0.3 is 0 Å². The zero-order chi connectivity index (χ0) is 14.4. The molecule has 1 atom stereocenters. The molecule has 1 aromatic rings. The fraction of sp³-hybridized carbons (Fsp3) is 0.647. The standard InChI is InChI=1S/C17H26BrNO/c1-20-16-8-9-17(18)14(12-16)11-15(19)10-13-6-4-2-3-5-7-13/h8-9,12-13,15H,2-7,10-11,19H2,1H3. The second-order valence-electron chi connectivity index (χ2n) is 6.01. The van der Waals surface area contributed by atoms with E-state index in [0.29, 0.717) is 0 Å². The largest absolute Gasteiger partial charge is 0.497 e. The monoisotopic (exact) mass is 339 g/mol. The minimum absolute atomic E-state index is 0.251. The van der Waals surface area contributed by atoms with Crippen molar-refractivity contribution in [2.75, 3.05) is 7.11 Å². The van der Waals surface area contributed by atoms with Crippen LogP contribution >= 0.6 is 15.9 Å². The highest BCUT2D eigenvalue weighted by atomic mass is 79.9. The Morgan fingerprint density at radius 2 is 1.95 bits per heavy atom. The summed E-state index contributed by atoms with van der Waals surface area (Å²) >= 11 is 3.61. The van der Waals surface area contributed by atoms with Crippen molar-refractivity contribution in [1.29, 1.82) is 0 Å². The molecule has 0 saturated heterocycles. The summed E-state index contributed by atoms with van der Waals surface area (Å²) in [7, 11) is 1.71. The Bertz CT molecular complexity index is 413. The van der Waals surface area contributed by atoms with E-state index >= 15 is 0 Å². The van der Waals surface area contributed by atoms with Gasteiger partial charge in [0.15, 0.2) is 0 Å². The van der Waals surface area contributed by atoms with Crippen molar-refractivity contribution in [3.8, 4) is 5.75 Å². The first-order valence-corrected chi connectivity index (χ1v) is 8.56. The molecular weight excluding hydrogens is 314 g/mol. The molecule has 112 valence electrons. The zero-order valence-electron chi connectivity index (χ0n) is 12.4. The smallest absolute Gasteiger partial charge is 0.119 e. The summed E-state index contributed by atoms with van der Waals surface area (Å²) < 4.78 is 6.43. The molecule has 0 aliphatic heterocycles. The zero-order valence-corrected chi connectivity index (χ0v) is 14.0. The summed E-state index contributed by atoms with van der Waals surface area (Å²) in [6, 6.07) is 6.37. The lowest BCUT2D eigenvalue weighted by Gasteiger charge is -2.20. The summed E-state index contributed by atoms with van der Waals surface area (Å²) in [5.41, 5.74) is 7.64. The Hall–Kier alpha value is -0.540. The number of hydrogen-bond acceptors (Lipinski definition) is 2. The molecule has 3 heteroatoms. The maximum Gasteiger partial charge on any atom is 0.119 e. The summed E-state index contributed by atoms with van der Waals surface area (Å²) in [4.78, 5) is 0. The summed E-state index contributed by atoms with van der Waals surface area (Å²) in [6.07, 6.45) is 10.4. The number of ether oxygens (including phenoxy) is 1. The molecule has 1 fully saturated rings. The molecule has 2 N–H and O–H groups in total. The van der Waals surface area contributed by atoms with Crippen molar-refractivity contribution in [2.45, 2.75) is 57.4 Å². The molecular formula is C17H26BrNO. The van der Waals surface area contributed by atoms with Crippen molar-refractivity contribution in [3.05, 3.63) is 28.2 Å². The first kappa shape index (κ1) is 15.8. The topological polar surface area (TPSA) is 35.2 Å². The number of rotatable bonds is 5. The molecule has 0 bridgehead atoms. The molecule has 0 heterocycles. The normalized spacial score (nSPS) is 18.6. The summed E-state index contributed by atoms with van der Waals surface area (Å²) in [5, 5.41) is 0. The van der Waals surface area contributed by atoms with Crippen LogP contribution in [-0.4, -0.2) is 13.2 Å². The maximum absolute atomic E-state index is 6.39. The Kier molecular flexibility index (Phi) is 6.37. The van der Waals surface area contributed by atoms with Crippen molar-refractivity contribution in [2.24, 2.45) is 11.7 Å². The lowest BCUT2D eigenvalue weighted by atomic mass is 9.90. The van der Waals surface area contributed by atoms with Crippen LogP contribution in [-0.2, 0) is 6.42 Å². The van der Waals surface area contributed by atoms with Gasteiger partial charge in [0, 0.05) is 10.5 Å². The Labute approximate surface area is 131 Å². The summed E-state index contributed by atoms with van der Waals surface area (Å²) in [5.74, 6) is 1.74. The average molecular weight is 340 g/mol. The predicted octanol–water partition coefficient (Wildman–Crippen LogP) is 4.69. The fourth-order valence-electron chi connectivity index (χ4n) is 3.23. The van der Waals surface area contributed by atoms with E-state index in [-0.39, 0.29) is 6.04 Å². The first-order chi connectivity index (χ1) is 9.69. The molecule has 0 aromatic heterocycles. The Morgan fingerprint density at radius 1 is 1.25 bits per heavy atom. The predicted molar refractivity (Wildman–Crippen MR) is 88.2 cm³/mol.